The van der Waals surface area contributed by atoms with Gasteiger partial charge in [-0.25, -0.2) is 0 Å². The van der Waals surface area contributed by atoms with Crippen LogP contribution in [0.15, 0.2) is 42.7 Å². The van der Waals surface area contributed by atoms with E-state index in [9.17, 15) is 13.2 Å². The summed E-state index contributed by atoms with van der Waals surface area (Å²) in [7, 11) is 0. The predicted octanol–water partition coefficient (Wildman–Crippen LogP) is 3.94. The summed E-state index contributed by atoms with van der Waals surface area (Å²) in [6, 6.07) is 8.30. The number of hydrogen-bond acceptors (Lipinski definition) is 2. The SMILES string of the molecule is FC(F)(F)c1cccc2c3c(n(CCc4cccnc4)c12)CCNC3. The Labute approximate surface area is 143 Å². The highest BCUT2D eigenvalue weighted by atomic mass is 19.4. The molecule has 0 fully saturated rings. The maximum absolute atomic E-state index is 13.6. The van der Waals surface area contributed by atoms with Gasteiger partial charge in [0.2, 0.25) is 0 Å². The Kier molecular flexibility index (Phi) is 4.00. The molecule has 0 aliphatic carbocycles. The first-order valence-corrected chi connectivity index (χ1v) is 8.35. The van der Waals surface area contributed by atoms with Crippen molar-refractivity contribution in [2.75, 3.05) is 6.54 Å². The monoisotopic (exact) mass is 345 g/mol. The third-order valence-electron chi connectivity index (χ3n) is 4.80. The van der Waals surface area contributed by atoms with Gasteiger partial charge in [-0.1, -0.05) is 18.2 Å². The standard InChI is InChI=1S/C19H18F3N3/c20-19(21,22)16-5-1-4-14-15-12-24-9-6-17(15)25(18(14)16)10-7-13-3-2-8-23-11-13/h1-5,8,11,24H,6-7,9-10,12H2. The van der Waals surface area contributed by atoms with E-state index in [-0.39, 0.29) is 0 Å². The van der Waals surface area contributed by atoms with Crippen LogP contribution >= 0.6 is 0 Å². The quantitative estimate of drug-likeness (QED) is 0.779. The number of fused-ring (bicyclic) bond motifs is 3. The van der Waals surface area contributed by atoms with Gasteiger partial charge in [0.25, 0.3) is 0 Å². The van der Waals surface area contributed by atoms with Crippen LogP contribution in [0.1, 0.15) is 22.4 Å². The number of alkyl halides is 3. The van der Waals surface area contributed by atoms with E-state index in [1.54, 1.807) is 18.5 Å². The van der Waals surface area contributed by atoms with E-state index in [0.717, 1.165) is 29.8 Å². The number of aryl methyl sites for hydroxylation is 2. The molecular weight excluding hydrogens is 327 g/mol. The first-order valence-electron chi connectivity index (χ1n) is 8.35. The van der Waals surface area contributed by atoms with Gasteiger partial charge >= 0.3 is 6.18 Å². The maximum atomic E-state index is 13.6. The Morgan fingerprint density at radius 2 is 2.04 bits per heavy atom. The predicted molar refractivity (Wildman–Crippen MR) is 90.3 cm³/mol. The van der Waals surface area contributed by atoms with Crippen LogP contribution in [-0.4, -0.2) is 16.1 Å². The number of para-hydroxylation sites is 1. The lowest BCUT2D eigenvalue weighted by Crippen LogP contribution is -2.25. The topological polar surface area (TPSA) is 29.9 Å². The Hall–Kier alpha value is -2.34. The molecule has 6 heteroatoms. The molecular formula is C19H18F3N3. The summed E-state index contributed by atoms with van der Waals surface area (Å²) < 4.78 is 42.6. The van der Waals surface area contributed by atoms with Gasteiger partial charge in [0.1, 0.15) is 0 Å². The number of hydrogen-bond donors (Lipinski definition) is 1. The summed E-state index contributed by atoms with van der Waals surface area (Å²) in [5, 5.41) is 3.99. The van der Waals surface area contributed by atoms with Crippen molar-refractivity contribution in [1.29, 1.82) is 0 Å². The summed E-state index contributed by atoms with van der Waals surface area (Å²) in [4.78, 5) is 4.09. The summed E-state index contributed by atoms with van der Waals surface area (Å²) >= 11 is 0. The van der Waals surface area contributed by atoms with Crippen LogP contribution in [-0.2, 0) is 32.1 Å². The van der Waals surface area contributed by atoms with Crippen LogP contribution in [0.2, 0.25) is 0 Å². The van der Waals surface area contributed by atoms with Crippen LogP contribution in [0.3, 0.4) is 0 Å². The van der Waals surface area contributed by atoms with E-state index < -0.39 is 11.7 Å². The first kappa shape index (κ1) is 16.1. The van der Waals surface area contributed by atoms with Crippen molar-refractivity contribution in [1.82, 2.24) is 14.9 Å². The fourth-order valence-corrected chi connectivity index (χ4v) is 3.70. The number of nitrogens with zero attached hydrogens (tertiary/aromatic N) is 2. The van der Waals surface area contributed by atoms with Gasteiger partial charge in [-0.3, -0.25) is 4.98 Å². The summed E-state index contributed by atoms with van der Waals surface area (Å²) in [6.45, 7) is 1.93. The van der Waals surface area contributed by atoms with Crippen molar-refractivity contribution in [2.24, 2.45) is 0 Å². The molecule has 0 spiro atoms. The summed E-state index contributed by atoms with van der Waals surface area (Å²) in [6.07, 6.45) is 0.506. The highest BCUT2D eigenvalue weighted by Gasteiger charge is 2.35. The van der Waals surface area contributed by atoms with Crippen LogP contribution in [0.4, 0.5) is 13.2 Å². The zero-order valence-corrected chi connectivity index (χ0v) is 13.6. The zero-order valence-electron chi connectivity index (χ0n) is 13.6. The molecule has 0 atom stereocenters. The number of aromatic nitrogens is 2. The normalized spacial score (nSPS) is 14.7. The summed E-state index contributed by atoms with van der Waals surface area (Å²) in [5.74, 6) is 0. The Morgan fingerprint density at radius 1 is 1.16 bits per heavy atom. The van der Waals surface area contributed by atoms with Crippen molar-refractivity contribution in [2.45, 2.75) is 32.1 Å². The molecule has 0 radical (unpaired) electrons. The van der Waals surface area contributed by atoms with Gasteiger partial charge in [0, 0.05) is 49.5 Å². The molecule has 2 aromatic heterocycles. The lowest BCUT2D eigenvalue weighted by molar-refractivity contribution is -0.136. The third-order valence-corrected chi connectivity index (χ3v) is 4.80. The molecule has 3 nitrogen and oxygen atoms in total. The molecule has 1 aromatic carbocycles. The van der Waals surface area contributed by atoms with Crippen molar-refractivity contribution in [3.63, 3.8) is 0 Å². The number of halogens is 3. The van der Waals surface area contributed by atoms with Crippen molar-refractivity contribution in [3.8, 4) is 0 Å². The van der Waals surface area contributed by atoms with E-state index in [1.807, 2.05) is 16.7 Å². The first-order chi connectivity index (χ1) is 12.1. The molecule has 0 saturated carbocycles. The van der Waals surface area contributed by atoms with Crippen LogP contribution in [0.25, 0.3) is 10.9 Å². The zero-order chi connectivity index (χ0) is 17.4. The second kappa shape index (κ2) is 6.19. The molecule has 130 valence electrons. The van der Waals surface area contributed by atoms with E-state index >= 15 is 0 Å². The smallest absolute Gasteiger partial charge is 0.343 e. The average molecular weight is 345 g/mol. The molecule has 1 aliphatic rings. The van der Waals surface area contributed by atoms with Crippen molar-refractivity contribution in [3.05, 3.63) is 65.1 Å². The van der Waals surface area contributed by atoms with Gasteiger partial charge in [-0.2, -0.15) is 13.2 Å². The Bertz CT molecular complexity index is 898. The number of benzene rings is 1. The second-order valence-corrected chi connectivity index (χ2v) is 6.31. The second-order valence-electron chi connectivity index (χ2n) is 6.31. The fraction of sp³-hybridized carbons (Fsp3) is 0.316. The highest BCUT2D eigenvalue weighted by molar-refractivity contribution is 5.89. The minimum absolute atomic E-state index is 0.313. The molecule has 0 unspecified atom stereocenters. The highest BCUT2D eigenvalue weighted by Crippen LogP contribution is 2.38. The molecule has 0 saturated heterocycles. The van der Waals surface area contributed by atoms with Crippen molar-refractivity contribution < 1.29 is 13.2 Å². The fourth-order valence-electron chi connectivity index (χ4n) is 3.70. The van der Waals surface area contributed by atoms with Gasteiger partial charge in [0.15, 0.2) is 0 Å². The number of rotatable bonds is 3. The minimum Gasteiger partial charge on any atom is -0.343 e. The van der Waals surface area contributed by atoms with E-state index in [1.165, 1.54) is 12.1 Å². The van der Waals surface area contributed by atoms with Gasteiger partial charge in [-0.05, 0) is 29.7 Å². The molecule has 25 heavy (non-hydrogen) atoms. The molecule has 0 amide bonds. The molecule has 0 bridgehead atoms. The molecule has 4 rings (SSSR count). The van der Waals surface area contributed by atoms with Crippen LogP contribution < -0.4 is 5.32 Å². The summed E-state index contributed by atoms with van der Waals surface area (Å²) in [5.41, 5.74) is 2.81. The lowest BCUT2D eigenvalue weighted by atomic mass is 10.0. The largest absolute Gasteiger partial charge is 0.418 e. The van der Waals surface area contributed by atoms with Crippen LogP contribution in [0.5, 0.6) is 0 Å². The maximum Gasteiger partial charge on any atom is 0.418 e. The van der Waals surface area contributed by atoms with Crippen LogP contribution in [0, 0.1) is 0 Å². The van der Waals surface area contributed by atoms with E-state index in [2.05, 4.69) is 10.3 Å². The molecule has 1 aliphatic heterocycles. The van der Waals surface area contributed by atoms with Crippen molar-refractivity contribution >= 4 is 10.9 Å². The van der Waals surface area contributed by atoms with Gasteiger partial charge < -0.3 is 9.88 Å². The number of nitrogens with one attached hydrogen (secondary N) is 1. The van der Waals surface area contributed by atoms with Gasteiger partial charge in [-0.15, -0.1) is 0 Å². The van der Waals surface area contributed by atoms with E-state index in [0.29, 0.717) is 30.4 Å². The molecule has 3 heterocycles. The lowest BCUT2D eigenvalue weighted by Gasteiger charge is -2.18. The van der Waals surface area contributed by atoms with Gasteiger partial charge in [0.05, 0.1) is 11.1 Å². The Balaban J connectivity index is 1.86. The average Bonchev–Trinajstić information content (AvgIpc) is 2.94. The molecule has 1 N–H and O–H groups in total. The third kappa shape index (κ3) is 2.91. The Morgan fingerprint density at radius 3 is 2.80 bits per heavy atom. The number of pyridine rings is 1. The minimum atomic E-state index is -4.36. The molecule has 3 aromatic rings. The van der Waals surface area contributed by atoms with E-state index in [4.69, 9.17) is 0 Å².